The molecule has 0 aliphatic rings. The average Bonchev–Trinajstić information content (AvgIpc) is 2.83. The van der Waals surface area contributed by atoms with Crippen molar-refractivity contribution in [1.29, 1.82) is 0 Å². The van der Waals surface area contributed by atoms with Crippen molar-refractivity contribution in [3.63, 3.8) is 0 Å². The van der Waals surface area contributed by atoms with E-state index >= 15 is 0 Å². The van der Waals surface area contributed by atoms with E-state index in [0.29, 0.717) is 0 Å². The van der Waals surface area contributed by atoms with Crippen LogP contribution < -0.4 is 0 Å². The fourth-order valence-corrected chi connectivity index (χ4v) is 3.42. The van der Waals surface area contributed by atoms with Gasteiger partial charge in [0.2, 0.25) is 0 Å². The molecule has 102 valence electrons. The minimum Gasteiger partial charge on any atom is -0.309 e. The monoisotopic (exact) mass is 335 g/mol. The van der Waals surface area contributed by atoms with E-state index in [-0.39, 0.29) is 0 Å². The van der Waals surface area contributed by atoms with Gasteiger partial charge in [-0.1, -0.05) is 52.3 Å². The van der Waals surface area contributed by atoms with Gasteiger partial charge in [-0.3, -0.25) is 0 Å². The van der Waals surface area contributed by atoms with Gasteiger partial charge in [0.15, 0.2) is 0 Å². The Bertz CT molecular complexity index is 952. The Morgan fingerprint density at radius 2 is 1.62 bits per heavy atom. The summed E-state index contributed by atoms with van der Waals surface area (Å²) in [5.41, 5.74) is 5.03. The summed E-state index contributed by atoms with van der Waals surface area (Å²) in [5.74, 6) is 0. The molecule has 0 atom stereocenters. The Labute approximate surface area is 132 Å². The number of aromatic nitrogens is 1. The SMILES string of the molecule is Cc1cccc2c3cc(Br)ccc3n(-c3ccccc3)c12. The first-order valence-electron chi connectivity index (χ1n) is 7.00. The van der Waals surface area contributed by atoms with Crippen LogP contribution in [0.2, 0.25) is 0 Å². The summed E-state index contributed by atoms with van der Waals surface area (Å²) in [6, 6.07) is 23.6. The molecule has 1 aromatic heterocycles. The van der Waals surface area contributed by atoms with Gasteiger partial charge in [-0.15, -0.1) is 0 Å². The molecule has 0 aliphatic heterocycles. The number of rotatable bonds is 1. The Morgan fingerprint density at radius 3 is 2.43 bits per heavy atom. The summed E-state index contributed by atoms with van der Waals surface area (Å²) in [6.45, 7) is 2.18. The van der Waals surface area contributed by atoms with Crippen LogP contribution >= 0.6 is 15.9 Å². The van der Waals surface area contributed by atoms with Crippen LogP contribution in [-0.2, 0) is 0 Å². The number of halogens is 1. The van der Waals surface area contributed by atoms with Gasteiger partial charge in [0.25, 0.3) is 0 Å². The van der Waals surface area contributed by atoms with Gasteiger partial charge in [-0.2, -0.15) is 0 Å². The molecule has 1 nitrogen and oxygen atoms in total. The van der Waals surface area contributed by atoms with E-state index in [0.717, 1.165) is 4.47 Å². The molecule has 0 aliphatic carbocycles. The second-order valence-electron chi connectivity index (χ2n) is 5.30. The predicted molar refractivity (Wildman–Crippen MR) is 93.2 cm³/mol. The number of nitrogens with zero attached hydrogens (tertiary/aromatic N) is 1. The number of hydrogen-bond acceptors (Lipinski definition) is 0. The minimum atomic E-state index is 1.11. The van der Waals surface area contributed by atoms with Gasteiger partial charge in [-0.25, -0.2) is 0 Å². The summed E-state index contributed by atoms with van der Waals surface area (Å²) in [6.07, 6.45) is 0. The van der Waals surface area contributed by atoms with Crippen LogP contribution in [-0.4, -0.2) is 4.57 Å². The molecule has 2 heteroatoms. The quantitative estimate of drug-likeness (QED) is 0.411. The third-order valence-electron chi connectivity index (χ3n) is 3.97. The lowest BCUT2D eigenvalue weighted by Crippen LogP contribution is -1.94. The van der Waals surface area contributed by atoms with Crippen LogP contribution in [0.3, 0.4) is 0 Å². The Hall–Kier alpha value is -2.06. The highest BCUT2D eigenvalue weighted by Crippen LogP contribution is 2.35. The highest BCUT2D eigenvalue weighted by Gasteiger charge is 2.13. The number of fused-ring (bicyclic) bond motifs is 3. The van der Waals surface area contributed by atoms with Gasteiger partial charge in [0.1, 0.15) is 0 Å². The molecule has 0 saturated heterocycles. The molecule has 0 N–H and O–H groups in total. The maximum Gasteiger partial charge on any atom is 0.0570 e. The Balaban J connectivity index is 2.26. The van der Waals surface area contributed by atoms with Crippen molar-refractivity contribution in [2.45, 2.75) is 6.92 Å². The lowest BCUT2D eigenvalue weighted by Gasteiger charge is -2.09. The summed E-state index contributed by atoms with van der Waals surface area (Å²) in [7, 11) is 0. The van der Waals surface area contributed by atoms with Crippen LogP contribution in [0.1, 0.15) is 5.56 Å². The molecule has 0 bridgehead atoms. The van der Waals surface area contributed by atoms with Crippen molar-refractivity contribution < 1.29 is 0 Å². The summed E-state index contributed by atoms with van der Waals surface area (Å²) < 4.78 is 3.47. The molecule has 0 fully saturated rings. The molecule has 4 aromatic rings. The Kier molecular flexibility index (Phi) is 2.86. The molecular formula is C19H14BrN. The van der Waals surface area contributed by atoms with Gasteiger partial charge >= 0.3 is 0 Å². The molecule has 0 unspecified atom stereocenters. The predicted octanol–water partition coefficient (Wildman–Crippen LogP) is 5.85. The highest BCUT2D eigenvalue weighted by atomic mass is 79.9. The van der Waals surface area contributed by atoms with E-state index in [1.807, 2.05) is 0 Å². The molecule has 0 saturated carbocycles. The van der Waals surface area contributed by atoms with Crippen molar-refractivity contribution in [3.8, 4) is 5.69 Å². The second-order valence-corrected chi connectivity index (χ2v) is 6.22. The van der Waals surface area contributed by atoms with Crippen LogP contribution in [0.5, 0.6) is 0 Å². The van der Waals surface area contributed by atoms with E-state index in [1.54, 1.807) is 0 Å². The first-order chi connectivity index (χ1) is 10.3. The van der Waals surface area contributed by atoms with Crippen molar-refractivity contribution in [1.82, 2.24) is 4.57 Å². The fraction of sp³-hybridized carbons (Fsp3) is 0.0526. The largest absolute Gasteiger partial charge is 0.309 e. The van der Waals surface area contributed by atoms with Crippen LogP contribution in [0, 0.1) is 6.92 Å². The molecule has 4 rings (SSSR count). The van der Waals surface area contributed by atoms with Crippen molar-refractivity contribution >= 4 is 37.7 Å². The molecular weight excluding hydrogens is 322 g/mol. The highest BCUT2D eigenvalue weighted by molar-refractivity contribution is 9.10. The van der Waals surface area contributed by atoms with E-state index in [2.05, 4.69) is 94.2 Å². The number of para-hydroxylation sites is 2. The van der Waals surface area contributed by atoms with Gasteiger partial charge in [-0.05, 0) is 42.8 Å². The van der Waals surface area contributed by atoms with Crippen LogP contribution in [0.4, 0.5) is 0 Å². The maximum absolute atomic E-state index is 3.59. The van der Waals surface area contributed by atoms with Crippen molar-refractivity contribution in [2.75, 3.05) is 0 Å². The lowest BCUT2D eigenvalue weighted by atomic mass is 10.1. The normalized spacial score (nSPS) is 11.3. The first kappa shape index (κ1) is 12.7. The standard InChI is InChI=1S/C19H14BrN/c1-13-6-5-9-16-17-12-14(20)10-11-18(17)21(19(13)16)15-7-3-2-4-8-15/h2-12H,1H3. The summed E-state index contributed by atoms with van der Waals surface area (Å²) >= 11 is 3.59. The van der Waals surface area contributed by atoms with E-state index in [1.165, 1.54) is 33.1 Å². The summed E-state index contributed by atoms with van der Waals surface area (Å²) in [5, 5.41) is 2.59. The van der Waals surface area contributed by atoms with Gasteiger partial charge in [0.05, 0.1) is 11.0 Å². The lowest BCUT2D eigenvalue weighted by molar-refractivity contribution is 1.17. The zero-order valence-corrected chi connectivity index (χ0v) is 13.3. The molecule has 0 radical (unpaired) electrons. The van der Waals surface area contributed by atoms with Crippen LogP contribution in [0.25, 0.3) is 27.5 Å². The molecule has 3 aromatic carbocycles. The molecule has 21 heavy (non-hydrogen) atoms. The number of hydrogen-bond donors (Lipinski definition) is 0. The van der Waals surface area contributed by atoms with E-state index in [4.69, 9.17) is 0 Å². The molecule has 0 amide bonds. The summed E-state index contributed by atoms with van der Waals surface area (Å²) in [4.78, 5) is 0. The topological polar surface area (TPSA) is 4.93 Å². The fourth-order valence-electron chi connectivity index (χ4n) is 3.06. The minimum absolute atomic E-state index is 1.11. The third kappa shape index (κ3) is 1.90. The van der Waals surface area contributed by atoms with Gasteiger partial charge < -0.3 is 4.57 Å². The van der Waals surface area contributed by atoms with Crippen molar-refractivity contribution in [3.05, 3.63) is 76.8 Å². The van der Waals surface area contributed by atoms with Crippen LogP contribution in [0.15, 0.2) is 71.2 Å². The van der Waals surface area contributed by atoms with Gasteiger partial charge in [0, 0.05) is 20.9 Å². The molecule has 0 spiro atoms. The smallest absolute Gasteiger partial charge is 0.0570 e. The first-order valence-corrected chi connectivity index (χ1v) is 7.80. The van der Waals surface area contributed by atoms with E-state index < -0.39 is 0 Å². The van der Waals surface area contributed by atoms with Crippen molar-refractivity contribution in [2.24, 2.45) is 0 Å². The third-order valence-corrected chi connectivity index (χ3v) is 4.46. The Morgan fingerprint density at radius 1 is 0.810 bits per heavy atom. The number of aryl methyl sites for hydroxylation is 1. The molecule has 1 heterocycles. The number of benzene rings is 3. The zero-order chi connectivity index (χ0) is 14.4. The zero-order valence-electron chi connectivity index (χ0n) is 11.7. The van der Waals surface area contributed by atoms with E-state index in [9.17, 15) is 0 Å². The second kappa shape index (κ2) is 4.74. The average molecular weight is 336 g/mol. The maximum atomic E-state index is 3.59.